The summed E-state index contributed by atoms with van der Waals surface area (Å²) >= 11 is 0. The third kappa shape index (κ3) is 4.06. The number of imidazole rings is 1. The molecule has 0 aliphatic rings. The Kier molecular flexibility index (Phi) is 4.52. The summed E-state index contributed by atoms with van der Waals surface area (Å²) in [6.45, 7) is 0.649. The molecule has 0 fully saturated rings. The van der Waals surface area contributed by atoms with Gasteiger partial charge in [0.1, 0.15) is 18.2 Å². The summed E-state index contributed by atoms with van der Waals surface area (Å²) in [5.74, 6) is 0.0105. The number of rotatable bonds is 6. The second-order valence-electron chi connectivity index (χ2n) is 5.09. The Morgan fingerprint density at radius 1 is 1.26 bits per heavy atom. The minimum absolute atomic E-state index is 0.0910. The number of aromatic nitrogens is 2. The molecule has 2 aromatic carbocycles. The van der Waals surface area contributed by atoms with Crippen molar-refractivity contribution in [1.29, 1.82) is 0 Å². The molecule has 6 heteroatoms. The number of nitrogens with zero attached hydrogens (tertiary/aromatic N) is 1. The Hall–Kier alpha value is -2.89. The van der Waals surface area contributed by atoms with Gasteiger partial charge in [-0.1, -0.05) is 12.1 Å². The van der Waals surface area contributed by atoms with Crippen molar-refractivity contribution in [3.63, 3.8) is 0 Å². The number of amides is 1. The molecule has 1 amide bonds. The van der Waals surface area contributed by atoms with Crippen LogP contribution in [0.2, 0.25) is 0 Å². The lowest BCUT2D eigenvalue weighted by atomic mass is 10.1. The number of H-pyrrole nitrogens is 1. The first-order valence-electron chi connectivity index (χ1n) is 7.28. The van der Waals surface area contributed by atoms with Crippen LogP contribution in [0.25, 0.3) is 11.0 Å². The Morgan fingerprint density at radius 2 is 2.17 bits per heavy atom. The van der Waals surface area contributed by atoms with Crippen LogP contribution < -0.4 is 10.1 Å². The Morgan fingerprint density at radius 3 is 3.04 bits per heavy atom. The zero-order valence-corrected chi connectivity index (χ0v) is 12.4. The third-order valence-electron chi connectivity index (χ3n) is 3.34. The monoisotopic (exact) mass is 313 g/mol. The highest BCUT2D eigenvalue weighted by atomic mass is 19.1. The maximum absolute atomic E-state index is 13.0. The summed E-state index contributed by atoms with van der Waals surface area (Å²) in [5, 5.41) is 2.77. The van der Waals surface area contributed by atoms with Gasteiger partial charge in [-0.05, 0) is 29.8 Å². The minimum Gasteiger partial charge on any atom is -0.492 e. The first-order chi connectivity index (χ1) is 11.2. The fourth-order valence-corrected chi connectivity index (χ4v) is 2.26. The second kappa shape index (κ2) is 6.91. The molecule has 0 saturated heterocycles. The van der Waals surface area contributed by atoms with Crippen LogP contribution in [0.3, 0.4) is 0 Å². The van der Waals surface area contributed by atoms with Crippen molar-refractivity contribution in [3.8, 4) is 5.75 Å². The maximum Gasteiger partial charge on any atom is 0.224 e. The molecule has 118 valence electrons. The van der Waals surface area contributed by atoms with Crippen LogP contribution in [-0.2, 0) is 11.2 Å². The molecule has 1 aromatic heterocycles. The molecular weight excluding hydrogens is 297 g/mol. The summed E-state index contributed by atoms with van der Waals surface area (Å²) in [7, 11) is 0. The molecule has 3 aromatic rings. The molecule has 23 heavy (non-hydrogen) atoms. The summed E-state index contributed by atoms with van der Waals surface area (Å²) in [5.41, 5.74) is 2.69. The van der Waals surface area contributed by atoms with Crippen LogP contribution in [0, 0.1) is 5.82 Å². The topological polar surface area (TPSA) is 67.0 Å². The van der Waals surface area contributed by atoms with Gasteiger partial charge in [-0.25, -0.2) is 9.37 Å². The fraction of sp³-hybridized carbons (Fsp3) is 0.176. The van der Waals surface area contributed by atoms with E-state index in [9.17, 15) is 9.18 Å². The number of carbonyl (C=O) groups is 1. The summed E-state index contributed by atoms with van der Waals surface area (Å²) in [4.78, 5) is 19.0. The molecule has 0 bridgehead atoms. The van der Waals surface area contributed by atoms with E-state index in [0.717, 1.165) is 16.6 Å². The van der Waals surface area contributed by atoms with Crippen molar-refractivity contribution >= 4 is 16.9 Å². The number of halogens is 1. The van der Waals surface area contributed by atoms with Gasteiger partial charge in [-0.3, -0.25) is 4.79 Å². The van der Waals surface area contributed by atoms with Gasteiger partial charge in [-0.15, -0.1) is 0 Å². The first kappa shape index (κ1) is 15.0. The first-order valence-corrected chi connectivity index (χ1v) is 7.28. The lowest BCUT2D eigenvalue weighted by Crippen LogP contribution is -2.29. The highest BCUT2D eigenvalue weighted by molar-refractivity contribution is 5.81. The molecule has 0 atom stereocenters. The molecule has 3 rings (SSSR count). The van der Waals surface area contributed by atoms with Gasteiger partial charge in [0.2, 0.25) is 5.91 Å². The van der Waals surface area contributed by atoms with E-state index in [0.29, 0.717) is 12.3 Å². The molecule has 1 heterocycles. The van der Waals surface area contributed by atoms with Crippen molar-refractivity contribution in [2.24, 2.45) is 0 Å². The largest absolute Gasteiger partial charge is 0.492 e. The van der Waals surface area contributed by atoms with Gasteiger partial charge in [-0.2, -0.15) is 0 Å². The lowest BCUT2D eigenvalue weighted by molar-refractivity contribution is -0.120. The van der Waals surface area contributed by atoms with E-state index in [2.05, 4.69) is 15.3 Å². The van der Waals surface area contributed by atoms with E-state index in [1.807, 2.05) is 18.2 Å². The highest BCUT2D eigenvalue weighted by Gasteiger charge is 2.05. The predicted octanol–water partition coefficient (Wildman–Crippen LogP) is 2.44. The number of benzene rings is 2. The average Bonchev–Trinajstić information content (AvgIpc) is 2.99. The van der Waals surface area contributed by atoms with E-state index in [1.54, 1.807) is 18.5 Å². The third-order valence-corrected chi connectivity index (χ3v) is 3.34. The van der Waals surface area contributed by atoms with Crippen LogP contribution in [-0.4, -0.2) is 29.0 Å². The smallest absolute Gasteiger partial charge is 0.224 e. The lowest BCUT2D eigenvalue weighted by Gasteiger charge is -2.08. The molecule has 0 aliphatic heterocycles. The normalized spacial score (nSPS) is 10.7. The summed E-state index contributed by atoms with van der Waals surface area (Å²) in [6.07, 6.45) is 1.91. The SMILES string of the molecule is O=C(Cc1ccc2nc[nH]c2c1)NCCOc1cccc(F)c1. The van der Waals surface area contributed by atoms with Gasteiger partial charge in [0, 0.05) is 6.07 Å². The molecule has 0 unspecified atom stereocenters. The van der Waals surface area contributed by atoms with Crippen molar-refractivity contribution in [2.75, 3.05) is 13.2 Å². The molecule has 5 nitrogen and oxygen atoms in total. The number of hydrogen-bond acceptors (Lipinski definition) is 3. The summed E-state index contributed by atoms with van der Waals surface area (Å²) in [6, 6.07) is 11.6. The number of nitrogens with one attached hydrogen (secondary N) is 2. The maximum atomic E-state index is 13.0. The van der Waals surface area contributed by atoms with Gasteiger partial charge in [0.15, 0.2) is 0 Å². The van der Waals surface area contributed by atoms with Crippen LogP contribution in [0.1, 0.15) is 5.56 Å². The van der Waals surface area contributed by atoms with E-state index >= 15 is 0 Å². The number of carbonyl (C=O) groups excluding carboxylic acids is 1. The van der Waals surface area contributed by atoms with E-state index in [4.69, 9.17) is 4.74 Å². The fourth-order valence-electron chi connectivity index (χ4n) is 2.26. The van der Waals surface area contributed by atoms with Crippen LogP contribution >= 0.6 is 0 Å². The zero-order chi connectivity index (χ0) is 16.1. The molecule has 0 radical (unpaired) electrons. The second-order valence-corrected chi connectivity index (χ2v) is 5.09. The van der Waals surface area contributed by atoms with E-state index in [1.165, 1.54) is 12.1 Å². The zero-order valence-electron chi connectivity index (χ0n) is 12.4. The molecule has 0 aliphatic carbocycles. The number of ether oxygens (including phenoxy) is 1. The van der Waals surface area contributed by atoms with Crippen molar-refractivity contribution in [2.45, 2.75) is 6.42 Å². The van der Waals surface area contributed by atoms with E-state index < -0.39 is 0 Å². The quantitative estimate of drug-likeness (QED) is 0.687. The molecule has 0 spiro atoms. The minimum atomic E-state index is -0.347. The molecule has 0 saturated carbocycles. The Labute approximate surface area is 132 Å². The predicted molar refractivity (Wildman–Crippen MR) is 84.7 cm³/mol. The van der Waals surface area contributed by atoms with Crippen molar-refractivity contribution in [3.05, 3.63) is 60.2 Å². The van der Waals surface area contributed by atoms with Crippen LogP contribution in [0.15, 0.2) is 48.8 Å². The summed E-state index contributed by atoms with van der Waals surface area (Å²) < 4.78 is 18.3. The van der Waals surface area contributed by atoms with Gasteiger partial charge >= 0.3 is 0 Å². The van der Waals surface area contributed by atoms with Crippen molar-refractivity contribution in [1.82, 2.24) is 15.3 Å². The Bertz CT molecular complexity index is 816. The number of hydrogen-bond donors (Lipinski definition) is 2. The molecule has 2 N–H and O–H groups in total. The van der Waals surface area contributed by atoms with Crippen molar-refractivity contribution < 1.29 is 13.9 Å². The Balaban J connectivity index is 1.44. The molecular formula is C17H16FN3O2. The number of aromatic amines is 1. The number of fused-ring (bicyclic) bond motifs is 1. The average molecular weight is 313 g/mol. The highest BCUT2D eigenvalue weighted by Crippen LogP contribution is 2.12. The van der Waals surface area contributed by atoms with E-state index in [-0.39, 0.29) is 24.8 Å². The van der Waals surface area contributed by atoms with Crippen LogP contribution in [0.5, 0.6) is 5.75 Å². The van der Waals surface area contributed by atoms with Crippen LogP contribution in [0.4, 0.5) is 4.39 Å². The van der Waals surface area contributed by atoms with Gasteiger partial charge < -0.3 is 15.0 Å². The van der Waals surface area contributed by atoms with Gasteiger partial charge in [0.25, 0.3) is 0 Å². The van der Waals surface area contributed by atoms with Gasteiger partial charge in [0.05, 0.1) is 30.3 Å². The standard InChI is InChI=1S/C17H16FN3O2/c18-13-2-1-3-14(10-13)23-7-6-19-17(22)9-12-4-5-15-16(8-12)21-11-20-15/h1-5,8,10-11H,6-7,9H2,(H,19,22)(H,20,21).